The molecular formula is C77H94N14O8S3. The van der Waals surface area contributed by atoms with Gasteiger partial charge in [-0.05, 0) is 167 Å². The first kappa shape index (κ1) is 71.9. The predicted octanol–water partition coefficient (Wildman–Crippen LogP) is 10.8. The molecule has 1 aliphatic carbocycles. The molecule has 4 fully saturated rings. The van der Waals surface area contributed by atoms with Gasteiger partial charge in [0.2, 0.25) is 17.7 Å². The Balaban J connectivity index is 0.683. The van der Waals surface area contributed by atoms with Gasteiger partial charge >= 0.3 is 0 Å². The number of benzene rings is 4. The van der Waals surface area contributed by atoms with Crippen LogP contribution in [0, 0.1) is 30.6 Å². The van der Waals surface area contributed by atoms with Gasteiger partial charge < -0.3 is 40.2 Å². The third-order valence-electron chi connectivity index (χ3n) is 21.7. The molecule has 0 radical (unpaired) electrons. The minimum absolute atomic E-state index is 0.0480. The lowest BCUT2D eigenvalue weighted by molar-refractivity contribution is -0.144. The van der Waals surface area contributed by atoms with Crippen LogP contribution >= 0.6 is 22.7 Å². The van der Waals surface area contributed by atoms with Gasteiger partial charge in [0.25, 0.3) is 21.8 Å². The molecule has 4 aromatic carbocycles. The molecule has 4 aromatic heterocycles. The second-order valence-electron chi connectivity index (χ2n) is 29.7. The summed E-state index contributed by atoms with van der Waals surface area (Å²) in [6.45, 7) is 19.3. The summed E-state index contributed by atoms with van der Waals surface area (Å²) in [5.41, 5.74) is 9.75. The number of rotatable bonds is 21. The van der Waals surface area contributed by atoms with E-state index in [-0.39, 0.29) is 52.7 Å². The molecule has 0 bridgehead atoms. The minimum Gasteiger partial charge on any atom is -0.391 e. The number of sulfonamides is 1. The summed E-state index contributed by atoms with van der Waals surface area (Å²) >= 11 is 2.97. The Morgan fingerprint density at radius 3 is 2.25 bits per heavy atom. The van der Waals surface area contributed by atoms with E-state index in [1.807, 2.05) is 125 Å². The van der Waals surface area contributed by atoms with Crippen molar-refractivity contribution >= 4 is 89.1 Å². The highest BCUT2D eigenvalue weighted by atomic mass is 32.2. The Bertz CT molecular complexity index is 4460. The normalized spacial score (nSPS) is 19.1. The van der Waals surface area contributed by atoms with Crippen molar-refractivity contribution in [3.05, 3.63) is 154 Å². The summed E-state index contributed by atoms with van der Waals surface area (Å²) in [4.78, 5) is 97.5. The number of likely N-dealkylation sites (tertiary alicyclic amines) is 1. The monoisotopic (exact) mass is 1440 g/mol. The number of pyridine rings is 1. The third-order valence-corrected chi connectivity index (χ3v) is 24.9. The number of hydrogen-bond acceptors (Lipinski definition) is 18. The number of aryl methyl sites for hydroxylation is 1. The largest absolute Gasteiger partial charge is 0.391 e. The second-order valence-corrected chi connectivity index (χ2v) is 33.3. The van der Waals surface area contributed by atoms with Gasteiger partial charge in [0.05, 0.1) is 49.5 Å². The number of β-amino-alcohol motifs (C(OH)–C–C–N with tert-alkyl or cyclic N) is 1. The molecule has 0 unspecified atom stereocenters. The van der Waals surface area contributed by atoms with Crippen molar-refractivity contribution in [2.24, 2.45) is 16.7 Å². The number of aromatic nitrogens is 5. The van der Waals surface area contributed by atoms with E-state index in [4.69, 9.17) is 10.1 Å². The summed E-state index contributed by atoms with van der Waals surface area (Å²) in [5.74, 6) is -2.31. The first-order chi connectivity index (χ1) is 49.0. The van der Waals surface area contributed by atoms with E-state index >= 15 is 4.79 Å². The van der Waals surface area contributed by atoms with E-state index in [2.05, 4.69) is 57.1 Å². The summed E-state index contributed by atoms with van der Waals surface area (Å²) in [6, 6.07) is 29.1. The van der Waals surface area contributed by atoms with Crippen molar-refractivity contribution < 1.29 is 37.5 Å². The number of aliphatic hydroxyl groups is 1. The number of hydrogen-bond donors (Lipinski definition) is 5. The zero-order valence-electron chi connectivity index (χ0n) is 59.4. The van der Waals surface area contributed by atoms with Crippen LogP contribution in [0.2, 0.25) is 0 Å². The van der Waals surface area contributed by atoms with Crippen LogP contribution in [-0.4, -0.2) is 167 Å². The van der Waals surface area contributed by atoms with Crippen LogP contribution in [0.3, 0.4) is 0 Å². The van der Waals surface area contributed by atoms with E-state index in [0.717, 1.165) is 119 Å². The van der Waals surface area contributed by atoms with Gasteiger partial charge in [0, 0.05) is 106 Å². The van der Waals surface area contributed by atoms with Crippen molar-refractivity contribution in [3.8, 4) is 21.6 Å². The quantitative estimate of drug-likeness (QED) is 0.0448. The number of amides is 5. The lowest BCUT2D eigenvalue weighted by atomic mass is 9.71. The molecule has 1 saturated carbocycles. The first-order valence-corrected chi connectivity index (χ1v) is 39.1. The number of nitrogens with zero attached hydrogens (tertiary/aromatic N) is 10. The molecule has 25 heteroatoms. The fourth-order valence-corrected chi connectivity index (χ4v) is 18.2. The Labute approximate surface area is 605 Å². The molecule has 5 aliphatic rings. The topological polar surface area (TPSA) is 261 Å². The highest BCUT2D eigenvalue weighted by molar-refractivity contribution is 7.90. The Morgan fingerprint density at radius 1 is 0.784 bits per heavy atom. The lowest BCUT2D eigenvalue weighted by Crippen LogP contribution is -2.59. The maximum Gasteiger partial charge on any atom is 0.284 e. The van der Waals surface area contributed by atoms with Crippen molar-refractivity contribution in [1.29, 1.82) is 0 Å². The molecule has 5 amide bonds. The number of anilines is 3. The molecule has 0 spiro atoms. The number of carbonyl (C=O) groups is 5. The van der Waals surface area contributed by atoms with E-state index in [0.29, 0.717) is 73.1 Å². The molecule has 5 N–H and O–H groups in total. The molecule has 13 rings (SSSR count). The number of piperazine rings is 1. The van der Waals surface area contributed by atoms with Crippen molar-refractivity contribution in [1.82, 2.24) is 54.8 Å². The molecule has 102 heavy (non-hydrogen) atoms. The second kappa shape index (κ2) is 30.5. The number of likely N-dealkylation sites (N-methyl/N-ethyl adjacent to an activating group) is 1. The number of nitrogens with one attached hydrogen (secondary N) is 4. The van der Waals surface area contributed by atoms with Gasteiger partial charge in [-0.15, -0.1) is 11.3 Å². The standard InChI is InChI=1S/C77H94N14O8S3/c1-49(52-19-21-54(22-20-52)68-50(2)78-48-100-68)80-72(95)64-43-57(92)45-90(64)74(97)69(76(4,5)6)83-70(93)55-30-36-88(37-31-55)56-23-25-58(26-24-56)102(98,99)85-73(96)67-59(61-44-79-91(51(61)3)47-77(32-11-8-12-33-77)34-14-35-87-41-39-86(7)40-42-87)27-28-66(82-67)89-38-29-53-15-13-16-60(62(53)46-89)71(94)84-75-81-63-17-9-10-18-65(63)101-75/h9-10,13,15-28,44,48-49,55,57,64,69,92H,8,11-12,14,29-43,45-47H2,1-7H3,(H,80,95)(H,83,93)(H,85,96)(H,81,84,94)/t49-,57+,64-,69+/m0/s1. The number of fused-ring (bicyclic) bond motifs is 2. The maximum absolute atomic E-state index is 15.0. The fourth-order valence-electron chi connectivity index (χ4n) is 15.6. The third kappa shape index (κ3) is 16.0. The lowest BCUT2D eigenvalue weighted by Gasteiger charge is -2.39. The Kier molecular flexibility index (Phi) is 21.5. The maximum atomic E-state index is 15.0. The molecule has 4 atom stereocenters. The fraction of sp³-hybridized carbons (Fsp3) is 0.468. The van der Waals surface area contributed by atoms with E-state index in [9.17, 15) is 32.7 Å². The van der Waals surface area contributed by atoms with Crippen molar-refractivity contribution in [2.75, 3.05) is 81.1 Å². The smallest absolute Gasteiger partial charge is 0.284 e. The molecule has 538 valence electrons. The number of aliphatic hydroxyl groups excluding tert-OH is 1. The highest BCUT2D eigenvalue weighted by Crippen LogP contribution is 2.43. The zero-order valence-corrected chi connectivity index (χ0v) is 61.9. The van der Waals surface area contributed by atoms with Gasteiger partial charge in [0.1, 0.15) is 23.6 Å². The minimum atomic E-state index is -4.50. The predicted molar refractivity (Wildman–Crippen MR) is 400 cm³/mol. The number of carbonyl (C=O) groups excluding carboxylic acids is 5. The van der Waals surface area contributed by atoms with Gasteiger partial charge in [-0.25, -0.2) is 28.1 Å². The van der Waals surface area contributed by atoms with Gasteiger partial charge in [-0.1, -0.05) is 99.9 Å². The van der Waals surface area contributed by atoms with E-state index < -0.39 is 51.4 Å². The molecule has 4 aliphatic heterocycles. The Morgan fingerprint density at radius 2 is 1.53 bits per heavy atom. The first-order valence-electron chi connectivity index (χ1n) is 36.0. The summed E-state index contributed by atoms with van der Waals surface area (Å²) in [5, 5.41) is 25.6. The Hall–Kier alpha value is -8.46. The van der Waals surface area contributed by atoms with Crippen LogP contribution in [0.1, 0.15) is 147 Å². The summed E-state index contributed by atoms with van der Waals surface area (Å²) in [6.07, 6.45) is 10.4. The van der Waals surface area contributed by atoms with E-state index in [1.165, 1.54) is 47.6 Å². The molecule has 8 aromatic rings. The summed E-state index contributed by atoms with van der Waals surface area (Å²) in [7, 11) is -2.31. The van der Waals surface area contributed by atoms with Gasteiger partial charge in [0.15, 0.2) is 5.13 Å². The molecule has 22 nitrogen and oxygen atoms in total. The molecular weight excluding hydrogens is 1350 g/mol. The van der Waals surface area contributed by atoms with Crippen LogP contribution in [0.4, 0.5) is 16.6 Å². The molecule has 8 heterocycles. The van der Waals surface area contributed by atoms with Crippen LogP contribution in [0.25, 0.3) is 31.8 Å². The highest BCUT2D eigenvalue weighted by Gasteiger charge is 2.46. The SMILES string of the molecule is Cc1ncsc1-c1ccc([C@H](C)NC(=O)[C@@H]2C[C@@H](O)CN2C(=O)[C@@H](NC(=O)C2CCN(c3ccc(S(=O)(=O)NC(=O)c4nc(N5CCc6cccc(C(=O)Nc7nc8ccccc8s7)c6C5)ccc4-c4cnn(CC5(CCCN6CCN(C)CC6)CCCCC5)c4C)cc3)CC2)C(C)(C)C)cc1. The van der Waals surface area contributed by atoms with Crippen molar-refractivity contribution in [3.63, 3.8) is 0 Å². The number of para-hydroxylation sites is 1. The van der Waals surface area contributed by atoms with Crippen molar-refractivity contribution in [2.45, 2.75) is 154 Å². The summed E-state index contributed by atoms with van der Waals surface area (Å²) < 4.78 is 34.5. The zero-order chi connectivity index (χ0) is 71.6. The van der Waals surface area contributed by atoms with Crippen LogP contribution in [0.15, 0.2) is 120 Å². The number of thiazole rings is 2. The van der Waals surface area contributed by atoms with E-state index in [1.54, 1.807) is 35.7 Å². The van der Waals surface area contributed by atoms with Gasteiger partial charge in [-0.2, -0.15) is 5.10 Å². The average molecular weight is 1440 g/mol. The molecule has 3 saturated heterocycles. The van der Waals surface area contributed by atoms with Crippen LogP contribution in [-0.2, 0) is 43.9 Å². The van der Waals surface area contributed by atoms with Crippen LogP contribution < -0.4 is 30.5 Å². The van der Waals surface area contributed by atoms with Gasteiger partial charge in [-0.3, -0.25) is 34.0 Å². The number of piperidine rings is 1. The van der Waals surface area contributed by atoms with Crippen LogP contribution in [0.5, 0.6) is 0 Å². The average Bonchev–Trinajstić information content (AvgIpc) is 1.57.